The fourth-order valence-corrected chi connectivity index (χ4v) is 19.1. The van der Waals surface area contributed by atoms with Gasteiger partial charge in [0.25, 0.3) is 6.71 Å². The zero-order valence-electron chi connectivity index (χ0n) is 64.7. The summed E-state index contributed by atoms with van der Waals surface area (Å²) in [6.45, 7) is 33.2. The molecule has 107 heavy (non-hydrogen) atoms. The first-order valence-corrected chi connectivity index (χ1v) is 39.1. The van der Waals surface area contributed by atoms with Crippen LogP contribution in [0.25, 0.3) is 99.5 Å². The van der Waals surface area contributed by atoms with E-state index in [2.05, 4.69) is 389 Å². The second-order valence-electron chi connectivity index (χ2n) is 36.3. The highest BCUT2D eigenvalue weighted by molar-refractivity contribution is 7.00. The van der Waals surface area contributed by atoms with Crippen molar-refractivity contribution in [2.45, 2.75) is 155 Å². The smallest absolute Gasteiger partial charge is 0.252 e. The SMILES string of the molecule is CC(C)(C)c1ccc(-c2ccc3c(c2)B2c4ccc(-n5c6ccccc6c6cc(C(C)(C)C)ccc65)cc4N(c4ccc(-c5ccc6c(c5)C(C)(C)CCC6(C)C)cc4)c4cc(-n5c6ccccc6c6cc(-c7ccccc7)ccc65)cc(c42)N3c2ccc(-c3ccc4c(c3)C(C)(C)CCC4(C)C)cc2)cc1. The van der Waals surface area contributed by atoms with E-state index in [0.29, 0.717) is 0 Å². The van der Waals surface area contributed by atoms with Crippen LogP contribution >= 0.6 is 0 Å². The summed E-state index contributed by atoms with van der Waals surface area (Å²) in [7, 11) is 0. The summed E-state index contributed by atoms with van der Waals surface area (Å²) in [5, 5.41) is 4.96. The van der Waals surface area contributed by atoms with Crippen molar-refractivity contribution in [3.05, 3.63) is 306 Å². The standard InChI is InChI=1S/C102H95BN4/c1-97(2,3)72-38-28-65(29-39-72)71-37-50-92-87(59-71)103-86-48-45-76(106-88-26-20-19-25-79(88)81-60-73(98(4,5)6)40-51-91(81)106)61-93(86)105(75-43-32-67(33-44-75)70-35-47-83-85(58-70)102(13,14)55-53-100(83,9)10)95-63-77(107-89-27-21-18-24-78(89)80-56-68(36-49-90(80)107)64-22-16-15-17-23-64)62-94(96(95)103)104(92)74-41-30-66(31-42-74)69-34-46-82-84(57-69)101(11,12)54-52-99(82,7)8/h15-51,56-63H,52-55H2,1-14H3. The van der Waals surface area contributed by atoms with Gasteiger partial charge in [0, 0.05) is 61.4 Å². The minimum absolute atomic E-state index is 0.0161. The number of nitrogens with zero attached hydrogens (tertiary/aromatic N) is 4. The van der Waals surface area contributed by atoms with Gasteiger partial charge in [0.2, 0.25) is 0 Å². The number of hydrogen-bond donors (Lipinski definition) is 0. The van der Waals surface area contributed by atoms with Crippen molar-refractivity contribution >= 4 is 101 Å². The highest BCUT2D eigenvalue weighted by Crippen LogP contribution is 2.52. The number of hydrogen-bond acceptors (Lipinski definition) is 2. The Morgan fingerprint density at radius 1 is 0.262 bits per heavy atom. The molecule has 0 atom stereocenters. The molecule has 19 rings (SSSR count). The fraction of sp³-hybridized carbons (Fsp3) is 0.235. The molecule has 2 aliphatic carbocycles. The molecule has 0 saturated heterocycles. The van der Waals surface area contributed by atoms with Gasteiger partial charge < -0.3 is 18.9 Å². The van der Waals surface area contributed by atoms with E-state index in [9.17, 15) is 0 Å². The topological polar surface area (TPSA) is 16.3 Å². The van der Waals surface area contributed by atoms with Crippen LogP contribution in [0.5, 0.6) is 0 Å². The average Bonchev–Trinajstić information content (AvgIpc) is 1.20. The summed E-state index contributed by atoms with van der Waals surface area (Å²) in [4.78, 5) is 5.26. The van der Waals surface area contributed by atoms with Crippen molar-refractivity contribution in [1.82, 2.24) is 9.13 Å². The lowest BCUT2D eigenvalue weighted by atomic mass is 9.33. The Labute approximate surface area is 633 Å². The number of para-hydroxylation sites is 2. The Kier molecular flexibility index (Phi) is 14.9. The summed E-state index contributed by atoms with van der Waals surface area (Å²) in [6.07, 6.45) is 4.70. The molecule has 0 fully saturated rings. The maximum absolute atomic E-state index is 2.65. The van der Waals surface area contributed by atoms with Gasteiger partial charge >= 0.3 is 0 Å². The maximum atomic E-state index is 2.65. The van der Waals surface area contributed by atoms with Crippen LogP contribution in [-0.4, -0.2) is 15.8 Å². The number of aromatic nitrogens is 2. The maximum Gasteiger partial charge on any atom is 0.252 e. The van der Waals surface area contributed by atoms with Crippen molar-refractivity contribution in [3.8, 4) is 55.9 Å². The van der Waals surface area contributed by atoms with Crippen molar-refractivity contribution in [1.29, 1.82) is 0 Å². The van der Waals surface area contributed by atoms with Gasteiger partial charge in [-0.25, -0.2) is 0 Å². The third-order valence-electron chi connectivity index (χ3n) is 25.6. The Hall–Kier alpha value is -10.9. The number of anilines is 6. The third-order valence-corrected chi connectivity index (χ3v) is 25.6. The normalized spacial score (nSPS) is 16.0. The average molecular weight is 1390 g/mol. The molecule has 15 aromatic rings. The van der Waals surface area contributed by atoms with Crippen LogP contribution in [0.2, 0.25) is 0 Å². The summed E-state index contributed by atoms with van der Waals surface area (Å²) >= 11 is 0. The van der Waals surface area contributed by atoms with Crippen LogP contribution in [0, 0.1) is 0 Å². The molecular formula is C102H95BN4. The summed E-state index contributed by atoms with van der Waals surface area (Å²) in [5.41, 5.74) is 36.3. The van der Waals surface area contributed by atoms with Gasteiger partial charge in [-0.1, -0.05) is 279 Å². The highest BCUT2D eigenvalue weighted by atomic mass is 15.2. The van der Waals surface area contributed by atoms with Crippen LogP contribution in [0.1, 0.15) is 156 Å². The predicted molar refractivity (Wildman–Crippen MR) is 459 cm³/mol. The van der Waals surface area contributed by atoms with E-state index in [1.54, 1.807) is 0 Å². The Balaban J connectivity index is 0.893. The molecule has 2 aliphatic heterocycles. The Morgan fingerprint density at radius 2 is 0.645 bits per heavy atom. The molecule has 0 radical (unpaired) electrons. The molecule has 4 heterocycles. The van der Waals surface area contributed by atoms with Gasteiger partial charge in [-0.3, -0.25) is 0 Å². The number of rotatable bonds is 8. The molecule has 0 saturated carbocycles. The van der Waals surface area contributed by atoms with Crippen LogP contribution in [0.4, 0.5) is 34.1 Å². The van der Waals surface area contributed by atoms with Crippen LogP contribution in [0.15, 0.2) is 273 Å². The fourth-order valence-electron chi connectivity index (χ4n) is 19.1. The van der Waals surface area contributed by atoms with Crippen molar-refractivity contribution in [2.24, 2.45) is 0 Å². The zero-order valence-corrected chi connectivity index (χ0v) is 64.7. The lowest BCUT2D eigenvalue weighted by Gasteiger charge is -2.44. The molecule has 0 amide bonds. The Morgan fingerprint density at radius 3 is 1.19 bits per heavy atom. The van der Waals surface area contributed by atoms with Gasteiger partial charge in [0.1, 0.15) is 0 Å². The van der Waals surface area contributed by atoms with E-state index < -0.39 is 0 Å². The Bertz CT molecular complexity index is 6140. The number of benzene rings is 13. The van der Waals surface area contributed by atoms with Crippen LogP contribution < -0.4 is 26.2 Å². The van der Waals surface area contributed by atoms with E-state index in [1.807, 2.05) is 0 Å². The third kappa shape index (κ3) is 10.7. The molecule has 526 valence electrons. The van der Waals surface area contributed by atoms with E-state index in [0.717, 1.165) is 57.3 Å². The van der Waals surface area contributed by atoms with Gasteiger partial charge in [0.15, 0.2) is 0 Å². The summed E-state index contributed by atoms with van der Waals surface area (Å²) in [5.74, 6) is 0. The molecule has 0 N–H and O–H groups in total. The molecule has 0 unspecified atom stereocenters. The highest BCUT2D eigenvalue weighted by Gasteiger charge is 2.45. The number of fused-ring (bicyclic) bond motifs is 12. The second-order valence-corrected chi connectivity index (χ2v) is 36.3. The lowest BCUT2D eigenvalue weighted by Crippen LogP contribution is -2.61. The largest absolute Gasteiger partial charge is 0.311 e. The zero-order chi connectivity index (χ0) is 73.6. The van der Waals surface area contributed by atoms with Gasteiger partial charge in [0.05, 0.1) is 27.8 Å². The predicted octanol–water partition coefficient (Wildman–Crippen LogP) is 25.9. The molecule has 2 aromatic heterocycles. The molecule has 0 bridgehead atoms. The molecule has 4 nitrogen and oxygen atoms in total. The van der Waals surface area contributed by atoms with E-state index in [-0.39, 0.29) is 39.2 Å². The van der Waals surface area contributed by atoms with Gasteiger partial charge in [-0.05, 0) is 243 Å². The summed E-state index contributed by atoms with van der Waals surface area (Å²) < 4.78 is 5.09. The first kappa shape index (κ1) is 66.8. The van der Waals surface area contributed by atoms with Crippen LogP contribution in [-0.2, 0) is 32.5 Å². The molecule has 5 heteroatoms. The monoisotopic (exact) mass is 1390 g/mol. The van der Waals surface area contributed by atoms with E-state index in [1.165, 1.54) is 152 Å². The molecular weight excluding hydrogens is 1290 g/mol. The van der Waals surface area contributed by atoms with E-state index >= 15 is 0 Å². The summed E-state index contributed by atoms with van der Waals surface area (Å²) in [6, 6.07) is 106. The van der Waals surface area contributed by atoms with Crippen molar-refractivity contribution in [2.75, 3.05) is 9.80 Å². The molecule has 4 aliphatic rings. The van der Waals surface area contributed by atoms with Crippen LogP contribution in [0.3, 0.4) is 0 Å². The van der Waals surface area contributed by atoms with Gasteiger partial charge in [-0.15, -0.1) is 0 Å². The van der Waals surface area contributed by atoms with Crippen molar-refractivity contribution < 1.29 is 0 Å². The molecule has 0 spiro atoms. The van der Waals surface area contributed by atoms with E-state index in [4.69, 9.17) is 0 Å². The van der Waals surface area contributed by atoms with Crippen molar-refractivity contribution in [3.63, 3.8) is 0 Å². The molecule has 13 aromatic carbocycles. The second kappa shape index (κ2) is 23.8. The minimum Gasteiger partial charge on any atom is -0.311 e. The first-order valence-electron chi connectivity index (χ1n) is 39.1. The minimum atomic E-state index is -0.182. The quantitative estimate of drug-likeness (QED) is 0.141. The van der Waals surface area contributed by atoms with Gasteiger partial charge in [-0.2, -0.15) is 0 Å². The first-order chi connectivity index (χ1) is 51.3. The lowest BCUT2D eigenvalue weighted by molar-refractivity contribution is 0.332.